The molecule has 0 atom stereocenters. The Morgan fingerprint density at radius 3 is 2.82 bits per heavy atom. The Morgan fingerprint density at radius 2 is 2.24 bits per heavy atom. The zero-order valence-corrected chi connectivity index (χ0v) is 10.4. The first-order valence-electron chi connectivity index (χ1n) is 5.51. The molecule has 0 heterocycles. The van der Waals surface area contributed by atoms with Crippen molar-refractivity contribution >= 4 is 11.6 Å². The Labute approximate surface area is 102 Å². The Bertz CT molecular complexity index is 448. The number of para-hydroxylation sites is 1. The minimum Gasteiger partial charge on any atom is -0.373 e. The topological polar surface area (TPSA) is 56.1 Å². The van der Waals surface area contributed by atoms with Gasteiger partial charge in [-0.3, -0.25) is 4.79 Å². The normalized spacial score (nSPS) is 9.53. The zero-order chi connectivity index (χ0) is 12.8. The number of aryl methyl sites for hydroxylation is 1. The molecule has 0 aliphatic heterocycles. The van der Waals surface area contributed by atoms with Crippen molar-refractivity contribution in [3.8, 4) is 6.07 Å². The Hall–Kier alpha value is -2.02. The van der Waals surface area contributed by atoms with Gasteiger partial charge in [0.1, 0.15) is 6.07 Å². The fourth-order valence-electron chi connectivity index (χ4n) is 1.76. The number of nitrogens with one attached hydrogen (secondary N) is 1. The van der Waals surface area contributed by atoms with E-state index >= 15 is 0 Å². The molecule has 4 nitrogen and oxygen atoms in total. The second kappa shape index (κ2) is 5.90. The van der Waals surface area contributed by atoms with Crippen LogP contribution in [0.15, 0.2) is 18.2 Å². The van der Waals surface area contributed by atoms with Gasteiger partial charge in [0.05, 0.1) is 11.3 Å². The van der Waals surface area contributed by atoms with Crippen molar-refractivity contribution in [2.75, 3.05) is 25.5 Å². The highest BCUT2D eigenvalue weighted by Gasteiger charge is 2.11. The van der Waals surface area contributed by atoms with Crippen molar-refractivity contribution in [3.63, 3.8) is 0 Å². The van der Waals surface area contributed by atoms with Gasteiger partial charge in [-0.15, -0.1) is 0 Å². The summed E-state index contributed by atoms with van der Waals surface area (Å²) in [5.41, 5.74) is 2.59. The quantitative estimate of drug-likeness (QED) is 0.853. The minimum atomic E-state index is 0.00365. The summed E-state index contributed by atoms with van der Waals surface area (Å²) in [6.45, 7) is 2.56. The first-order chi connectivity index (χ1) is 8.10. The van der Waals surface area contributed by atoms with Gasteiger partial charge in [-0.25, -0.2) is 0 Å². The van der Waals surface area contributed by atoms with Crippen LogP contribution in [0.4, 0.5) is 5.69 Å². The van der Waals surface area contributed by atoms with Crippen molar-refractivity contribution in [1.82, 2.24) is 5.32 Å². The molecule has 0 saturated heterocycles. The summed E-state index contributed by atoms with van der Waals surface area (Å²) >= 11 is 0. The van der Waals surface area contributed by atoms with Crippen LogP contribution < -0.4 is 10.2 Å². The van der Waals surface area contributed by atoms with Gasteiger partial charge in [-0.05, 0) is 18.6 Å². The minimum absolute atomic E-state index is 0.00365. The molecule has 0 fully saturated rings. The lowest BCUT2D eigenvalue weighted by Gasteiger charge is -2.22. The lowest BCUT2D eigenvalue weighted by Crippen LogP contribution is -2.27. The highest BCUT2D eigenvalue weighted by molar-refractivity contribution is 5.76. The summed E-state index contributed by atoms with van der Waals surface area (Å²) in [6.07, 6.45) is 0.423. The molecular weight excluding hydrogens is 214 g/mol. The average Bonchev–Trinajstić information content (AvgIpc) is 2.34. The van der Waals surface area contributed by atoms with Crippen molar-refractivity contribution < 1.29 is 4.79 Å². The molecule has 0 bridgehead atoms. The van der Waals surface area contributed by atoms with Gasteiger partial charge in [0.15, 0.2) is 0 Å². The second-order valence-corrected chi connectivity index (χ2v) is 3.93. The van der Waals surface area contributed by atoms with Crippen LogP contribution in [0, 0.1) is 18.3 Å². The third-order valence-corrected chi connectivity index (χ3v) is 2.69. The van der Waals surface area contributed by atoms with Gasteiger partial charge >= 0.3 is 0 Å². The lowest BCUT2D eigenvalue weighted by atomic mass is 10.1. The summed E-state index contributed by atoms with van der Waals surface area (Å²) in [4.78, 5) is 13.1. The SMILES string of the molecule is CNC(=O)CCN(C)c1c(C)cccc1C#N. The summed E-state index contributed by atoms with van der Waals surface area (Å²) in [5.74, 6) is 0.00365. The number of hydrogen-bond donors (Lipinski definition) is 1. The van der Waals surface area contributed by atoms with Crippen molar-refractivity contribution in [1.29, 1.82) is 5.26 Å². The molecule has 0 radical (unpaired) electrons. The highest BCUT2D eigenvalue weighted by atomic mass is 16.1. The molecule has 90 valence electrons. The van der Waals surface area contributed by atoms with Crippen molar-refractivity contribution in [3.05, 3.63) is 29.3 Å². The van der Waals surface area contributed by atoms with E-state index in [-0.39, 0.29) is 5.91 Å². The fraction of sp³-hybridized carbons (Fsp3) is 0.385. The Kier molecular flexibility index (Phi) is 4.53. The molecule has 17 heavy (non-hydrogen) atoms. The van der Waals surface area contributed by atoms with Crippen LogP contribution >= 0.6 is 0 Å². The van der Waals surface area contributed by atoms with Gasteiger partial charge in [0.25, 0.3) is 0 Å². The van der Waals surface area contributed by atoms with E-state index < -0.39 is 0 Å². The van der Waals surface area contributed by atoms with E-state index in [9.17, 15) is 4.79 Å². The van der Waals surface area contributed by atoms with Crippen LogP contribution in [-0.2, 0) is 4.79 Å². The van der Waals surface area contributed by atoms with Crippen LogP contribution in [0.2, 0.25) is 0 Å². The van der Waals surface area contributed by atoms with Crippen LogP contribution in [0.3, 0.4) is 0 Å². The fourth-order valence-corrected chi connectivity index (χ4v) is 1.76. The number of carbonyl (C=O) groups excluding carboxylic acids is 1. The van der Waals surface area contributed by atoms with Gasteiger partial charge < -0.3 is 10.2 Å². The van der Waals surface area contributed by atoms with E-state index in [1.54, 1.807) is 13.1 Å². The predicted molar refractivity (Wildman–Crippen MR) is 67.8 cm³/mol. The van der Waals surface area contributed by atoms with Crippen molar-refractivity contribution in [2.45, 2.75) is 13.3 Å². The number of nitriles is 1. The number of nitrogens with zero attached hydrogens (tertiary/aromatic N) is 2. The standard InChI is InChI=1S/C13H17N3O/c1-10-5-4-6-11(9-14)13(10)16(3)8-7-12(17)15-2/h4-6H,7-8H2,1-3H3,(H,15,17). The maximum Gasteiger partial charge on any atom is 0.221 e. The Balaban J connectivity index is 2.85. The average molecular weight is 231 g/mol. The molecule has 1 aromatic rings. The number of benzene rings is 1. The van der Waals surface area contributed by atoms with E-state index in [4.69, 9.17) is 5.26 Å². The summed E-state index contributed by atoms with van der Waals surface area (Å²) in [6, 6.07) is 7.80. The van der Waals surface area contributed by atoms with Gasteiger partial charge in [-0.2, -0.15) is 5.26 Å². The molecule has 0 spiro atoms. The van der Waals surface area contributed by atoms with Crippen LogP contribution in [0.5, 0.6) is 0 Å². The second-order valence-electron chi connectivity index (χ2n) is 3.93. The summed E-state index contributed by atoms with van der Waals surface area (Å²) in [7, 11) is 3.52. The molecule has 0 aliphatic rings. The van der Waals surface area contributed by atoms with E-state index in [1.165, 1.54) is 0 Å². The highest BCUT2D eigenvalue weighted by Crippen LogP contribution is 2.23. The molecule has 0 aromatic heterocycles. The molecule has 1 aromatic carbocycles. The Morgan fingerprint density at radius 1 is 1.53 bits per heavy atom. The zero-order valence-electron chi connectivity index (χ0n) is 10.4. The van der Waals surface area contributed by atoms with Gasteiger partial charge in [0, 0.05) is 27.1 Å². The molecule has 0 unspecified atom stereocenters. The predicted octanol–water partition coefficient (Wildman–Crippen LogP) is 1.44. The summed E-state index contributed by atoms with van der Waals surface area (Å²) < 4.78 is 0. The van der Waals surface area contributed by atoms with Gasteiger partial charge in [-0.1, -0.05) is 12.1 Å². The van der Waals surface area contributed by atoms with E-state index in [1.807, 2.05) is 31.0 Å². The summed E-state index contributed by atoms with van der Waals surface area (Å²) in [5, 5.41) is 11.6. The number of rotatable bonds is 4. The molecule has 1 amide bonds. The largest absolute Gasteiger partial charge is 0.373 e. The number of anilines is 1. The number of amides is 1. The molecular formula is C13H17N3O. The third-order valence-electron chi connectivity index (χ3n) is 2.69. The molecule has 4 heteroatoms. The third kappa shape index (κ3) is 3.22. The van der Waals surface area contributed by atoms with E-state index in [2.05, 4.69) is 11.4 Å². The maximum atomic E-state index is 11.2. The number of hydrogen-bond acceptors (Lipinski definition) is 3. The molecule has 0 saturated carbocycles. The molecule has 1 rings (SSSR count). The maximum absolute atomic E-state index is 11.2. The van der Waals surface area contributed by atoms with Crippen LogP contribution in [0.25, 0.3) is 0 Å². The van der Waals surface area contributed by atoms with E-state index in [0.29, 0.717) is 18.5 Å². The van der Waals surface area contributed by atoms with Crippen molar-refractivity contribution in [2.24, 2.45) is 0 Å². The van der Waals surface area contributed by atoms with Crippen LogP contribution in [-0.4, -0.2) is 26.5 Å². The monoisotopic (exact) mass is 231 g/mol. The van der Waals surface area contributed by atoms with Crippen LogP contribution in [0.1, 0.15) is 17.5 Å². The smallest absolute Gasteiger partial charge is 0.221 e. The number of carbonyl (C=O) groups is 1. The lowest BCUT2D eigenvalue weighted by molar-refractivity contribution is -0.120. The molecule has 0 aliphatic carbocycles. The molecule has 1 N–H and O–H groups in total. The van der Waals surface area contributed by atoms with E-state index in [0.717, 1.165) is 11.3 Å². The first kappa shape index (κ1) is 13.0. The first-order valence-corrected chi connectivity index (χ1v) is 5.51. The van der Waals surface area contributed by atoms with Gasteiger partial charge in [0.2, 0.25) is 5.91 Å².